The minimum Gasteiger partial charge on any atom is -0.255 e. The first-order valence-electron chi connectivity index (χ1n) is 13.3. The Morgan fingerprint density at radius 2 is 1.53 bits per heavy atom. The number of thiophene rings is 1. The van der Waals surface area contributed by atoms with E-state index in [2.05, 4.69) is 51.1 Å². The molecule has 196 valence electrons. The van der Waals surface area contributed by atoms with Gasteiger partial charge in [0, 0.05) is 16.6 Å². The highest BCUT2D eigenvalue weighted by atomic mass is 32.1. The zero-order chi connectivity index (χ0) is 28.3. The summed E-state index contributed by atoms with van der Waals surface area (Å²) in [5.74, 6) is 0. The van der Waals surface area contributed by atoms with Gasteiger partial charge in [0.15, 0.2) is 0 Å². The molecule has 0 bridgehead atoms. The molecule has 0 aliphatic heterocycles. The molecule has 5 heteroatoms. The maximum absolute atomic E-state index is 13.4. The van der Waals surface area contributed by atoms with Crippen LogP contribution in [0.1, 0.15) is 52.7 Å². The Labute approximate surface area is 227 Å². The highest BCUT2D eigenvalue weighted by Gasteiger charge is 2.46. The van der Waals surface area contributed by atoms with Crippen LogP contribution in [0.2, 0.25) is 0 Å². The van der Waals surface area contributed by atoms with Crippen LogP contribution in [0.3, 0.4) is 0 Å². The number of pyridine rings is 1. The molecular formula is C33H32F3NS. The van der Waals surface area contributed by atoms with E-state index in [-0.39, 0.29) is 18.0 Å². The topological polar surface area (TPSA) is 12.9 Å². The van der Waals surface area contributed by atoms with E-state index in [1.807, 2.05) is 25.1 Å². The molecule has 0 amide bonds. The van der Waals surface area contributed by atoms with Crippen LogP contribution in [0, 0.1) is 12.3 Å². The van der Waals surface area contributed by atoms with Gasteiger partial charge in [-0.2, -0.15) is 13.2 Å². The summed E-state index contributed by atoms with van der Waals surface area (Å²) in [5.41, 5.74) is 3.78. The van der Waals surface area contributed by atoms with Crippen LogP contribution < -0.4 is 0 Å². The van der Waals surface area contributed by atoms with E-state index < -0.39 is 11.6 Å². The van der Waals surface area contributed by atoms with Crippen LogP contribution in [0.5, 0.6) is 0 Å². The molecule has 0 unspecified atom stereocenters. The molecule has 0 fully saturated rings. The Bertz CT molecular complexity index is 1690. The Kier molecular flexibility index (Phi) is 6.10. The summed E-state index contributed by atoms with van der Waals surface area (Å²) in [6.45, 7) is 11.1. The normalized spacial score (nSPS) is 13.3. The summed E-state index contributed by atoms with van der Waals surface area (Å²) in [4.78, 5) is 5.74. The number of halogens is 3. The van der Waals surface area contributed by atoms with Gasteiger partial charge >= 0.3 is 6.18 Å². The lowest BCUT2D eigenvalue weighted by atomic mass is 9.82. The second kappa shape index (κ2) is 9.23. The molecule has 0 aliphatic carbocycles. The van der Waals surface area contributed by atoms with E-state index in [1.54, 1.807) is 29.5 Å². The van der Waals surface area contributed by atoms with Crippen LogP contribution in [0.4, 0.5) is 13.2 Å². The van der Waals surface area contributed by atoms with Crippen molar-refractivity contribution in [1.82, 2.24) is 4.98 Å². The molecular weight excluding hydrogens is 499 g/mol. The van der Waals surface area contributed by atoms with Crippen molar-refractivity contribution in [2.24, 2.45) is 5.41 Å². The predicted molar refractivity (Wildman–Crippen MR) is 155 cm³/mol. The quantitative estimate of drug-likeness (QED) is 0.224. The SMILES string of the molecule is [2H]c1cc2c(C)c(-c3ccc(CC(C)(C)C(F)(F)F)cc3)sc2c(-c2cc(C(C)(C)C)c3ccccc3c2)n1. The number of aromatic nitrogens is 1. The van der Waals surface area contributed by atoms with E-state index in [0.717, 1.165) is 42.7 Å². The average Bonchev–Trinajstić information content (AvgIpc) is 3.18. The maximum atomic E-state index is 13.4. The zero-order valence-electron chi connectivity index (χ0n) is 23.5. The Morgan fingerprint density at radius 1 is 0.842 bits per heavy atom. The van der Waals surface area contributed by atoms with E-state index >= 15 is 0 Å². The zero-order valence-corrected chi connectivity index (χ0v) is 23.4. The molecule has 0 atom stereocenters. The lowest BCUT2D eigenvalue weighted by Crippen LogP contribution is -2.34. The summed E-state index contributed by atoms with van der Waals surface area (Å²) in [7, 11) is 0. The largest absolute Gasteiger partial charge is 0.394 e. The number of hydrogen-bond donors (Lipinski definition) is 0. The molecule has 0 aliphatic rings. The van der Waals surface area contributed by atoms with E-state index in [4.69, 9.17) is 6.35 Å². The van der Waals surface area contributed by atoms with Crippen LogP contribution in [0.25, 0.3) is 42.6 Å². The number of nitrogens with zero attached hydrogens (tertiary/aromatic N) is 1. The third-order valence-electron chi connectivity index (χ3n) is 7.37. The van der Waals surface area contributed by atoms with E-state index in [0.29, 0.717) is 5.56 Å². The lowest BCUT2D eigenvalue weighted by molar-refractivity contribution is -0.211. The van der Waals surface area contributed by atoms with Gasteiger partial charge in [0.1, 0.15) is 0 Å². The fraction of sp³-hybridized carbons (Fsp3) is 0.303. The highest BCUT2D eigenvalue weighted by molar-refractivity contribution is 7.23. The Morgan fingerprint density at radius 3 is 2.18 bits per heavy atom. The van der Waals surface area contributed by atoms with Gasteiger partial charge in [0.2, 0.25) is 0 Å². The molecule has 3 aromatic carbocycles. The van der Waals surface area contributed by atoms with Gasteiger partial charge in [-0.05, 0) is 75.4 Å². The molecule has 2 heterocycles. The smallest absolute Gasteiger partial charge is 0.255 e. The van der Waals surface area contributed by atoms with Crippen molar-refractivity contribution in [1.29, 1.82) is 0 Å². The third kappa shape index (κ3) is 4.73. The van der Waals surface area contributed by atoms with Gasteiger partial charge in [0.25, 0.3) is 0 Å². The molecule has 38 heavy (non-hydrogen) atoms. The first kappa shape index (κ1) is 25.1. The minimum absolute atomic E-state index is 0.0729. The van der Waals surface area contributed by atoms with Gasteiger partial charge < -0.3 is 0 Å². The van der Waals surface area contributed by atoms with Gasteiger partial charge in [-0.15, -0.1) is 11.3 Å². The Balaban J connectivity index is 1.63. The molecule has 0 spiro atoms. The summed E-state index contributed by atoms with van der Waals surface area (Å²) in [6.07, 6.45) is -4.13. The number of alkyl halides is 3. The molecule has 1 nitrogen and oxygen atoms in total. The Hall–Kier alpha value is -3.18. The second-order valence-electron chi connectivity index (χ2n) is 11.8. The molecule has 5 rings (SSSR count). The van der Waals surface area contributed by atoms with Crippen LogP contribution in [0.15, 0.2) is 72.9 Å². The summed E-state index contributed by atoms with van der Waals surface area (Å²) >= 11 is 1.62. The van der Waals surface area contributed by atoms with Crippen molar-refractivity contribution in [2.75, 3.05) is 0 Å². The molecule has 5 aromatic rings. The van der Waals surface area contributed by atoms with Crippen molar-refractivity contribution in [3.63, 3.8) is 0 Å². The summed E-state index contributed by atoms with van der Waals surface area (Å²) in [5, 5.41) is 3.33. The van der Waals surface area contributed by atoms with Gasteiger partial charge in [-0.3, -0.25) is 4.98 Å². The number of hydrogen-bond acceptors (Lipinski definition) is 2. The van der Waals surface area contributed by atoms with E-state index in [1.165, 1.54) is 24.8 Å². The second-order valence-corrected chi connectivity index (χ2v) is 12.8. The first-order valence-corrected chi connectivity index (χ1v) is 13.6. The minimum atomic E-state index is -4.26. The number of aryl methyl sites for hydroxylation is 1. The fourth-order valence-corrected chi connectivity index (χ4v) is 6.31. The average molecular weight is 533 g/mol. The van der Waals surface area contributed by atoms with Crippen molar-refractivity contribution < 1.29 is 14.5 Å². The number of fused-ring (bicyclic) bond motifs is 2. The molecule has 0 N–H and O–H groups in total. The van der Waals surface area contributed by atoms with Crippen molar-refractivity contribution in [2.45, 2.75) is 59.6 Å². The van der Waals surface area contributed by atoms with Gasteiger partial charge in [0.05, 0.1) is 17.2 Å². The lowest BCUT2D eigenvalue weighted by Gasteiger charge is -2.27. The number of benzene rings is 3. The molecule has 0 saturated carbocycles. The monoisotopic (exact) mass is 532 g/mol. The molecule has 0 saturated heterocycles. The predicted octanol–water partition coefficient (Wildman–Crippen LogP) is 10.5. The van der Waals surface area contributed by atoms with Crippen LogP contribution >= 0.6 is 11.3 Å². The maximum Gasteiger partial charge on any atom is 0.394 e. The van der Waals surface area contributed by atoms with E-state index in [9.17, 15) is 13.2 Å². The standard InChI is InChI=1S/C33H32F3NS/c1-20-25-15-16-37-28(24-17-23-9-7-8-10-26(23)27(18-24)31(2,3)4)30(25)38-29(20)22-13-11-21(12-14-22)19-32(5,6)33(34,35)36/h7-18H,19H2,1-6H3/i16D. The summed E-state index contributed by atoms with van der Waals surface area (Å²) in [6, 6.07) is 21.9. The third-order valence-corrected chi connectivity index (χ3v) is 8.73. The van der Waals surface area contributed by atoms with Crippen molar-refractivity contribution in [3.8, 4) is 21.7 Å². The summed E-state index contributed by atoms with van der Waals surface area (Å²) < 4.78 is 49.7. The van der Waals surface area contributed by atoms with Crippen LogP contribution in [-0.2, 0) is 11.8 Å². The van der Waals surface area contributed by atoms with Gasteiger partial charge in [-0.25, -0.2) is 0 Å². The van der Waals surface area contributed by atoms with Gasteiger partial charge in [-0.1, -0.05) is 83.1 Å². The first-order chi connectivity index (χ1) is 18.2. The highest BCUT2D eigenvalue weighted by Crippen LogP contribution is 2.44. The molecule has 2 aromatic heterocycles. The van der Waals surface area contributed by atoms with Crippen molar-refractivity contribution in [3.05, 3.63) is 89.6 Å². The van der Waals surface area contributed by atoms with Crippen LogP contribution in [-0.4, -0.2) is 11.2 Å². The van der Waals surface area contributed by atoms with Crippen molar-refractivity contribution >= 4 is 32.2 Å². The fourth-order valence-electron chi connectivity index (χ4n) is 5.01. The number of rotatable bonds is 4. The molecule has 0 radical (unpaired) electrons.